The Kier molecular flexibility index (Phi) is 5.82. The van der Waals surface area contributed by atoms with Gasteiger partial charge in [-0.05, 0) is 24.6 Å². The summed E-state index contributed by atoms with van der Waals surface area (Å²) < 4.78 is 15.8. The highest BCUT2D eigenvalue weighted by atomic mass is 19.1. The number of hydrogen-bond acceptors (Lipinski definition) is 4. The number of amides is 2. The SMILES string of the molecule is CC(=O)c1cccc(NC(=O)c2nn(C)c(NC(=O)Cc3ccccc3)c2F)c1. The van der Waals surface area contributed by atoms with Gasteiger partial charge in [-0.1, -0.05) is 42.5 Å². The summed E-state index contributed by atoms with van der Waals surface area (Å²) in [4.78, 5) is 36.1. The Bertz CT molecular complexity index is 1080. The highest BCUT2D eigenvalue weighted by Gasteiger charge is 2.23. The Morgan fingerprint density at radius 2 is 1.76 bits per heavy atom. The van der Waals surface area contributed by atoms with E-state index in [1.807, 2.05) is 6.07 Å². The van der Waals surface area contributed by atoms with Gasteiger partial charge in [0.15, 0.2) is 23.1 Å². The van der Waals surface area contributed by atoms with E-state index in [9.17, 15) is 18.8 Å². The van der Waals surface area contributed by atoms with Crippen molar-refractivity contribution >= 4 is 29.1 Å². The number of nitrogens with zero attached hydrogens (tertiary/aromatic N) is 2. The van der Waals surface area contributed by atoms with Crippen LogP contribution in [0, 0.1) is 5.82 Å². The second-order valence-electron chi connectivity index (χ2n) is 6.44. The van der Waals surface area contributed by atoms with Gasteiger partial charge in [-0.15, -0.1) is 0 Å². The van der Waals surface area contributed by atoms with Gasteiger partial charge in [0, 0.05) is 18.3 Å². The van der Waals surface area contributed by atoms with Gasteiger partial charge in [-0.3, -0.25) is 14.4 Å². The summed E-state index contributed by atoms with van der Waals surface area (Å²) in [7, 11) is 1.42. The third-order valence-electron chi connectivity index (χ3n) is 4.20. The predicted octanol–water partition coefficient (Wildman–Crippen LogP) is 3.20. The second-order valence-corrected chi connectivity index (χ2v) is 6.44. The highest BCUT2D eigenvalue weighted by molar-refractivity contribution is 6.05. The van der Waals surface area contributed by atoms with Crippen LogP contribution in [0.5, 0.6) is 0 Å². The van der Waals surface area contributed by atoms with E-state index in [1.165, 1.54) is 20.0 Å². The number of anilines is 2. The Labute approximate surface area is 166 Å². The van der Waals surface area contributed by atoms with Gasteiger partial charge in [0.2, 0.25) is 5.91 Å². The molecule has 2 N–H and O–H groups in total. The number of benzene rings is 2. The lowest BCUT2D eigenvalue weighted by Gasteiger charge is -2.06. The maximum atomic E-state index is 14.7. The van der Waals surface area contributed by atoms with Crippen LogP contribution in [0.3, 0.4) is 0 Å². The first kappa shape index (κ1) is 19.9. The van der Waals surface area contributed by atoms with Gasteiger partial charge >= 0.3 is 0 Å². The van der Waals surface area contributed by atoms with E-state index in [4.69, 9.17) is 0 Å². The number of halogens is 1. The van der Waals surface area contributed by atoms with E-state index in [-0.39, 0.29) is 18.0 Å². The molecule has 0 bridgehead atoms. The molecule has 29 heavy (non-hydrogen) atoms. The molecule has 0 aliphatic heterocycles. The largest absolute Gasteiger partial charge is 0.320 e. The number of ketones is 1. The first-order valence-electron chi connectivity index (χ1n) is 8.83. The molecule has 8 heteroatoms. The van der Waals surface area contributed by atoms with Crippen molar-refractivity contribution in [3.8, 4) is 0 Å². The Morgan fingerprint density at radius 3 is 2.45 bits per heavy atom. The molecule has 0 aliphatic rings. The third-order valence-corrected chi connectivity index (χ3v) is 4.20. The minimum atomic E-state index is -0.936. The molecular formula is C21H19FN4O3. The summed E-state index contributed by atoms with van der Waals surface area (Å²) in [5.41, 5.74) is 1.06. The summed E-state index contributed by atoms with van der Waals surface area (Å²) >= 11 is 0. The fourth-order valence-electron chi connectivity index (χ4n) is 2.74. The molecule has 0 spiro atoms. The van der Waals surface area contributed by atoms with E-state index >= 15 is 0 Å². The van der Waals surface area contributed by atoms with Gasteiger partial charge in [0.05, 0.1) is 6.42 Å². The van der Waals surface area contributed by atoms with Gasteiger partial charge in [-0.2, -0.15) is 5.10 Å². The van der Waals surface area contributed by atoms with Crippen LogP contribution in [0.1, 0.15) is 33.3 Å². The van der Waals surface area contributed by atoms with Crippen LogP contribution >= 0.6 is 0 Å². The minimum absolute atomic E-state index is 0.0603. The van der Waals surface area contributed by atoms with Crippen molar-refractivity contribution in [2.45, 2.75) is 13.3 Å². The van der Waals surface area contributed by atoms with E-state index in [0.29, 0.717) is 11.3 Å². The van der Waals surface area contributed by atoms with Crippen LogP contribution < -0.4 is 10.6 Å². The average molecular weight is 394 g/mol. The van der Waals surface area contributed by atoms with Gasteiger partial charge < -0.3 is 10.6 Å². The molecule has 0 unspecified atom stereocenters. The summed E-state index contributed by atoms with van der Waals surface area (Å²) in [5.74, 6) is -2.52. The number of carbonyl (C=O) groups excluding carboxylic acids is 3. The smallest absolute Gasteiger partial charge is 0.279 e. The van der Waals surface area contributed by atoms with Crippen molar-refractivity contribution in [2.75, 3.05) is 10.6 Å². The molecule has 0 saturated carbocycles. The topological polar surface area (TPSA) is 93.1 Å². The standard InChI is InChI=1S/C21H19FN4O3/c1-13(27)15-9-6-10-16(12-15)23-21(29)19-18(22)20(26(2)25-19)24-17(28)11-14-7-4-3-5-8-14/h3-10,12H,11H2,1-2H3,(H,23,29)(H,24,28). The molecule has 3 rings (SSSR count). The first-order chi connectivity index (χ1) is 13.8. The summed E-state index contributed by atoms with van der Waals surface area (Å²) in [5, 5.41) is 8.83. The fraction of sp³-hybridized carbons (Fsp3) is 0.143. The van der Waals surface area contributed by atoms with Gasteiger partial charge in [-0.25, -0.2) is 9.07 Å². The lowest BCUT2D eigenvalue weighted by molar-refractivity contribution is -0.115. The maximum Gasteiger partial charge on any atom is 0.279 e. The van der Waals surface area contributed by atoms with Crippen molar-refractivity contribution in [1.29, 1.82) is 0 Å². The molecule has 0 saturated heterocycles. The quantitative estimate of drug-likeness (QED) is 0.628. The molecule has 2 amide bonds. The van der Waals surface area contributed by atoms with Crippen LogP contribution in [-0.4, -0.2) is 27.4 Å². The Hall–Kier alpha value is -3.81. The average Bonchev–Trinajstić information content (AvgIpc) is 2.97. The van der Waals surface area contributed by atoms with Gasteiger partial charge in [0.1, 0.15) is 0 Å². The first-order valence-corrected chi connectivity index (χ1v) is 8.83. The highest BCUT2D eigenvalue weighted by Crippen LogP contribution is 2.19. The maximum absolute atomic E-state index is 14.7. The molecule has 0 radical (unpaired) electrons. The third kappa shape index (κ3) is 4.73. The van der Waals surface area contributed by atoms with E-state index in [1.54, 1.807) is 42.5 Å². The number of Topliss-reactive ketones (excluding diaryl/α,β-unsaturated/α-hetero) is 1. The minimum Gasteiger partial charge on any atom is -0.320 e. The van der Waals surface area contributed by atoms with Crippen molar-refractivity contribution < 1.29 is 18.8 Å². The van der Waals surface area contributed by atoms with Crippen LogP contribution in [0.2, 0.25) is 0 Å². The van der Waals surface area contributed by atoms with Gasteiger partial charge in [0.25, 0.3) is 5.91 Å². The molecule has 2 aromatic carbocycles. The zero-order valence-electron chi connectivity index (χ0n) is 15.9. The van der Waals surface area contributed by atoms with E-state index in [2.05, 4.69) is 15.7 Å². The molecule has 3 aromatic rings. The molecule has 0 fully saturated rings. The molecule has 0 atom stereocenters. The lowest BCUT2D eigenvalue weighted by atomic mass is 10.1. The van der Waals surface area contributed by atoms with Crippen LogP contribution in [-0.2, 0) is 18.3 Å². The summed E-state index contributed by atoms with van der Waals surface area (Å²) in [6.07, 6.45) is 0.0603. The molecule has 1 heterocycles. The fourth-order valence-corrected chi connectivity index (χ4v) is 2.74. The lowest BCUT2D eigenvalue weighted by Crippen LogP contribution is -2.17. The number of rotatable bonds is 6. The second kappa shape index (κ2) is 8.47. The monoisotopic (exact) mass is 394 g/mol. The van der Waals surface area contributed by atoms with E-state index in [0.717, 1.165) is 10.2 Å². The Balaban J connectivity index is 1.74. The number of aryl methyl sites for hydroxylation is 1. The predicted molar refractivity (Wildman–Crippen MR) is 106 cm³/mol. The normalized spacial score (nSPS) is 10.4. The molecule has 148 valence electrons. The molecular weight excluding hydrogens is 375 g/mol. The van der Waals surface area contributed by atoms with Crippen molar-refractivity contribution in [3.05, 3.63) is 77.2 Å². The number of hydrogen-bond donors (Lipinski definition) is 2. The van der Waals surface area contributed by atoms with Crippen molar-refractivity contribution in [3.63, 3.8) is 0 Å². The molecule has 7 nitrogen and oxygen atoms in total. The zero-order valence-corrected chi connectivity index (χ0v) is 15.9. The number of carbonyl (C=O) groups is 3. The summed E-state index contributed by atoms with van der Waals surface area (Å²) in [6, 6.07) is 15.3. The van der Waals surface area contributed by atoms with Crippen LogP contribution in [0.15, 0.2) is 54.6 Å². The molecule has 0 aliphatic carbocycles. The number of nitrogens with one attached hydrogen (secondary N) is 2. The number of aromatic nitrogens is 2. The Morgan fingerprint density at radius 1 is 1.03 bits per heavy atom. The summed E-state index contributed by atoms with van der Waals surface area (Å²) in [6.45, 7) is 1.41. The van der Waals surface area contributed by atoms with Crippen molar-refractivity contribution in [1.82, 2.24) is 9.78 Å². The zero-order chi connectivity index (χ0) is 21.0. The van der Waals surface area contributed by atoms with Crippen LogP contribution in [0.25, 0.3) is 0 Å². The van der Waals surface area contributed by atoms with E-state index < -0.39 is 23.3 Å². The van der Waals surface area contributed by atoms with Crippen LogP contribution in [0.4, 0.5) is 15.9 Å². The molecule has 1 aromatic heterocycles. The van der Waals surface area contributed by atoms with Crippen molar-refractivity contribution in [2.24, 2.45) is 7.05 Å².